The summed E-state index contributed by atoms with van der Waals surface area (Å²) in [5.41, 5.74) is 13.3. The van der Waals surface area contributed by atoms with E-state index < -0.39 is 0 Å². The Bertz CT molecular complexity index is 2350. The Balaban J connectivity index is 1.25. The van der Waals surface area contributed by atoms with Gasteiger partial charge in [0.25, 0.3) is 0 Å². The molecule has 8 aromatic rings. The zero-order valence-corrected chi connectivity index (χ0v) is 24.1. The second-order valence-corrected chi connectivity index (χ2v) is 12.0. The van der Waals surface area contributed by atoms with E-state index in [9.17, 15) is 0 Å². The van der Waals surface area contributed by atoms with E-state index in [0.29, 0.717) is 0 Å². The van der Waals surface area contributed by atoms with Crippen LogP contribution in [0.25, 0.3) is 66.7 Å². The van der Waals surface area contributed by atoms with Crippen molar-refractivity contribution in [2.24, 2.45) is 0 Å². The van der Waals surface area contributed by atoms with Crippen molar-refractivity contribution in [2.45, 2.75) is 19.3 Å². The monoisotopic (exact) mass is 551 g/mol. The maximum atomic E-state index is 5.08. The molecule has 0 saturated heterocycles. The fourth-order valence-electron chi connectivity index (χ4n) is 7.43. The van der Waals surface area contributed by atoms with Crippen molar-refractivity contribution in [1.29, 1.82) is 0 Å². The highest BCUT2D eigenvalue weighted by atomic mass is 15.1. The Hall–Kier alpha value is -5.41. The summed E-state index contributed by atoms with van der Waals surface area (Å²) in [4.78, 5) is 5.08. The molecule has 9 rings (SSSR count). The van der Waals surface area contributed by atoms with Gasteiger partial charge in [0.1, 0.15) is 5.82 Å². The van der Waals surface area contributed by atoms with Crippen molar-refractivity contribution >= 4 is 32.8 Å². The Morgan fingerprint density at radius 1 is 0.512 bits per heavy atom. The van der Waals surface area contributed by atoms with E-state index >= 15 is 0 Å². The molecule has 43 heavy (non-hydrogen) atoms. The number of nitrogens with zero attached hydrogens (tertiary/aromatic N) is 3. The van der Waals surface area contributed by atoms with Crippen molar-refractivity contribution in [3.8, 4) is 33.9 Å². The minimum Gasteiger partial charge on any atom is -0.309 e. The summed E-state index contributed by atoms with van der Waals surface area (Å²) >= 11 is 0. The summed E-state index contributed by atoms with van der Waals surface area (Å²) in [7, 11) is 0. The van der Waals surface area contributed by atoms with Crippen LogP contribution in [0.3, 0.4) is 0 Å². The summed E-state index contributed by atoms with van der Waals surface area (Å²) in [6, 6.07) is 50.1. The van der Waals surface area contributed by atoms with Crippen LogP contribution in [0.5, 0.6) is 0 Å². The van der Waals surface area contributed by atoms with Crippen molar-refractivity contribution < 1.29 is 0 Å². The Morgan fingerprint density at radius 3 is 2.02 bits per heavy atom. The predicted octanol–water partition coefficient (Wildman–Crippen LogP) is 10.1. The Labute approximate surface area is 250 Å². The molecule has 0 spiro atoms. The summed E-state index contributed by atoms with van der Waals surface area (Å²) in [6.45, 7) is 4.74. The molecule has 0 unspecified atom stereocenters. The molecule has 204 valence electrons. The largest absolute Gasteiger partial charge is 0.309 e. The first-order valence-corrected chi connectivity index (χ1v) is 14.9. The molecule has 1 aliphatic carbocycles. The standard InChI is InChI=1S/C40H29N3/c1-40(2)32-16-8-6-14-29(32)30-24-25-36-37(38(30)40)31-15-7-10-18-34(31)42(36)28-22-20-26(21-23-28)39-41-33-17-9-11-19-35(33)43(39)27-12-4-3-5-13-27/h3-25H,1-2H3. The van der Waals surface area contributed by atoms with Gasteiger partial charge in [0.15, 0.2) is 0 Å². The third-order valence-electron chi connectivity index (χ3n) is 9.31. The van der Waals surface area contributed by atoms with Crippen LogP contribution in [0.1, 0.15) is 25.0 Å². The van der Waals surface area contributed by atoms with Crippen LogP contribution in [-0.4, -0.2) is 14.1 Å². The fraction of sp³-hybridized carbons (Fsp3) is 0.0750. The van der Waals surface area contributed by atoms with Gasteiger partial charge in [0.2, 0.25) is 0 Å². The number of aromatic nitrogens is 3. The van der Waals surface area contributed by atoms with Gasteiger partial charge < -0.3 is 4.57 Å². The molecule has 0 amide bonds. The topological polar surface area (TPSA) is 22.8 Å². The highest BCUT2D eigenvalue weighted by Crippen LogP contribution is 2.53. The third kappa shape index (κ3) is 3.33. The summed E-state index contributed by atoms with van der Waals surface area (Å²) < 4.78 is 4.68. The fourth-order valence-corrected chi connectivity index (χ4v) is 7.43. The van der Waals surface area contributed by atoms with Gasteiger partial charge >= 0.3 is 0 Å². The van der Waals surface area contributed by atoms with E-state index in [2.05, 4.69) is 163 Å². The normalized spacial score (nSPS) is 13.5. The third-order valence-corrected chi connectivity index (χ3v) is 9.31. The van der Waals surface area contributed by atoms with E-state index in [-0.39, 0.29) is 5.41 Å². The van der Waals surface area contributed by atoms with Gasteiger partial charge in [-0.2, -0.15) is 0 Å². The van der Waals surface area contributed by atoms with Gasteiger partial charge in [0.05, 0.1) is 22.1 Å². The molecule has 3 heteroatoms. The Morgan fingerprint density at radius 2 is 1.19 bits per heavy atom. The maximum absolute atomic E-state index is 5.08. The number of hydrogen-bond acceptors (Lipinski definition) is 1. The molecule has 6 aromatic carbocycles. The second kappa shape index (κ2) is 8.80. The van der Waals surface area contributed by atoms with Gasteiger partial charge in [-0.3, -0.25) is 4.57 Å². The summed E-state index contributed by atoms with van der Waals surface area (Å²) in [5.74, 6) is 0.943. The summed E-state index contributed by atoms with van der Waals surface area (Å²) in [5, 5.41) is 2.65. The van der Waals surface area contributed by atoms with Crippen LogP contribution in [0, 0.1) is 0 Å². The molecule has 0 N–H and O–H groups in total. The molecule has 2 aromatic heterocycles. The predicted molar refractivity (Wildman–Crippen MR) is 178 cm³/mol. The first kappa shape index (κ1) is 24.2. The number of para-hydroxylation sites is 4. The first-order valence-electron chi connectivity index (χ1n) is 14.9. The molecule has 2 heterocycles. The molecular formula is C40H29N3. The quantitative estimate of drug-likeness (QED) is 0.214. The van der Waals surface area contributed by atoms with Gasteiger partial charge in [-0.25, -0.2) is 4.98 Å². The van der Waals surface area contributed by atoms with Gasteiger partial charge in [-0.05, 0) is 82.9 Å². The first-order chi connectivity index (χ1) is 21.1. The van der Waals surface area contributed by atoms with Crippen LogP contribution in [0.2, 0.25) is 0 Å². The number of hydrogen-bond donors (Lipinski definition) is 0. The number of benzene rings is 6. The van der Waals surface area contributed by atoms with E-state index in [1.165, 1.54) is 44.1 Å². The molecule has 1 aliphatic rings. The molecular weight excluding hydrogens is 522 g/mol. The Kier molecular flexibility index (Phi) is 4.95. The lowest BCUT2D eigenvalue weighted by Crippen LogP contribution is -2.15. The zero-order chi connectivity index (χ0) is 28.7. The smallest absolute Gasteiger partial charge is 0.145 e. The highest BCUT2D eigenvalue weighted by Gasteiger charge is 2.37. The van der Waals surface area contributed by atoms with E-state index in [1.54, 1.807) is 0 Å². The SMILES string of the molecule is CC1(C)c2ccccc2-c2ccc3c(c21)c1ccccc1n3-c1ccc(-c2nc3ccccc3n2-c2ccccc2)cc1. The lowest BCUT2D eigenvalue weighted by molar-refractivity contribution is 0.666. The van der Waals surface area contributed by atoms with Crippen molar-refractivity contribution in [3.05, 3.63) is 151 Å². The number of rotatable bonds is 3. The van der Waals surface area contributed by atoms with Crippen molar-refractivity contribution in [1.82, 2.24) is 14.1 Å². The van der Waals surface area contributed by atoms with Gasteiger partial charge in [0, 0.05) is 33.1 Å². The molecule has 3 nitrogen and oxygen atoms in total. The van der Waals surface area contributed by atoms with Crippen LogP contribution in [0.4, 0.5) is 0 Å². The average Bonchev–Trinajstić information content (AvgIpc) is 3.68. The van der Waals surface area contributed by atoms with Crippen LogP contribution in [-0.2, 0) is 5.41 Å². The second-order valence-electron chi connectivity index (χ2n) is 12.0. The highest BCUT2D eigenvalue weighted by molar-refractivity contribution is 6.14. The number of fused-ring (bicyclic) bond motifs is 8. The molecule has 0 atom stereocenters. The van der Waals surface area contributed by atoms with Gasteiger partial charge in [-0.15, -0.1) is 0 Å². The number of imidazole rings is 1. The minimum absolute atomic E-state index is 0.0826. The molecule has 0 radical (unpaired) electrons. The van der Waals surface area contributed by atoms with Crippen LogP contribution >= 0.6 is 0 Å². The van der Waals surface area contributed by atoms with E-state index in [4.69, 9.17) is 4.98 Å². The zero-order valence-electron chi connectivity index (χ0n) is 24.1. The lowest BCUT2D eigenvalue weighted by Gasteiger charge is -2.22. The van der Waals surface area contributed by atoms with Crippen molar-refractivity contribution in [3.63, 3.8) is 0 Å². The van der Waals surface area contributed by atoms with E-state index in [0.717, 1.165) is 33.8 Å². The molecule has 0 fully saturated rings. The lowest BCUT2D eigenvalue weighted by atomic mass is 9.80. The summed E-state index contributed by atoms with van der Waals surface area (Å²) in [6.07, 6.45) is 0. The average molecular weight is 552 g/mol. The van der Waals surface area contributed by atoms with Gasteiger partial charge in [-0.1, -0.05) is 92.7 Å². The van der Waals surface area contributed by atoms with Crippen LogP contribution in [0.15, 0.2) is 140 Å². The molecule has 0 saturated carbocycles. The molecule has 0 bridgehead atoms. The molecule has 0 aliphatic heterocycles. The minimum atomic E-state index is -0.0826. The maximum Gasteiger partial charge on any atom is 0.145 e. The van der Waals surface area contributed by atoms with E-state index in [1.807, 2.05) is 0 Å². The van der Waals surface area contributed by atoms with Crippen LogP contribution < -0.4 is 0 Å². The van der Waals surface area contributed by atoms with Crippen molar-refractivity contribution in [2.75, 3.05) is 0 Å².